The fraction of sp³-hybridized carbons (Fsp3) is 0.0513. The normalized spacial score (nSPS) is 15.5. The van der Waals surface area contributed by atoms with Gasteiger partial charge in [-0.3, -0.25) is 4.57 Å². The van der Waals surface area contributed by atoms with Crippen molar-refractivity contribution in [2.75, 3.05) is 0 Å². The summed E-state index contributed by atoms with van der Waals surface area (Å²) in [6, 6.07) is 44.1. The summed E-state index contributed by atoms with van der Waals surface area (Å²) in [5, 5.41) is 0. The smallest absolute Gasteiger partial charge is 0.210 e. The summed E-state index contributed by atoms with van der Waals surface area (Å²) in [4.78, 5) is 5.28. The number of hydrogen-bond donors (Lipinski definition) is 0. The van der Waals surface area contributed by atoms with Crippen molar-refractivity contribution in [1.29, 1.82) is 0 Å². The van der Waals surface area contributed by atoms with Crippen LogP contribution in [0.2, 0.25) is 0 Å². The van der Waals surface area contributed by atoms with E-state index in [1.54, 1.807) is 12.1 Å². The van der Waals surface area contributed by atoms with Gasteiger partial charge in [-0.2, -0.15) is 0 Å². The Balaban J connectivity index is 1.24. The van der Waals surface area contributed by atoms with Gasteiger partial charge in [0, 0.05) is 0 Å². The zero-order valence-corrected chi connectivity index (χ0v) is 24.6. The van der Waals surface area contributed by atoms with Crippen LogP contribution in [-0.4, -0.2) is 18.0 Å². The number of para-hydroxylation sites is 1. The molecule has 0 saturated carbocycles. The third kappa shape index (κ3) is 2.70. The molecule has 4 nitrogen and oxygen atoms in total. The van der Waals surface area contributed by atoms with Crippen LogP contribution in [0.5, 0.6) is 0 Å². The van der Waals surface area contributed by atoms with Crippen LogP contribution in [0.4, 0.5) is 0 Å². The summed E-state index contributed by atoms with van der Waals surface area (Å²) in [6.45, 7) is 1.92. The van der Waals surface area contributed by atoms with E-state index in [1.807, 2.05) is 35.8 Å². The lowest BCUT2D eigenvalue weighted by Gasteiger charge is -2.30. The molecule has 1 aromatic heterocycles. The molecule has 2 heterocycles. The number of rotatable bonds is 1. The quantitative estimate of drug-likeness (QED) is 0.194. The Bertz CT molecular complexity index is 2480. The average Bonchev–Trinajstić information content (AvgIpc) is 3.66. The topological polar surface area (TPSA) is 52.0 Å². The molecule has 7 aromatic rings. The van der Waals surface area contributed by atoms with Crippen LogP contribution in [-0.2, 0) is 15.3 Å². The van der Waals surface area contributed by atoms with E-state index in [4.69, 9.17) is 0 Å². The summed E-state index contributed by atoms with van der Waals surface area (Å²) in [6.07, 6.45) is 0. The first kappa shape index (κ1) is 24.2. The third-order valence-corrected chi connectivity index (χ3v) is 11.7. The molecule has 0 radical (unpaired) electrons. The van der Waals surface area contributed by atoms with Gasteiger partial charge in [-0.15, -0.1) is 0 Å². The number of aromatic nitrogens is 2. The van der Waals surface area contributed by atoms with Crippen LogP contribution >= 0.6 is 0 Å². The van der Waals surface area contributed by atoms with Crippen LogP contribution < -0.4 is 0 Å². The van der Waals surface area contributed by atoms with Crippen molar-refractivity contribution < 1.29 is 8.42 Å². The number of sulfone groups is 1. The predicted molar refractivity (Wildman–Crippen MR) is 173 cm³/mol. The van der Waals surface area contributed by atoms with E-state index in [2.05, 4.69) is 96.0 Å². The lowest BCUT2D eigenvalue weighted by Crippen LogP contribution is -2.25. The lowest BCUT2D eigenvalue weighted by molar-refractivity contribution is 0.594. The molecule has 3 aliphatic rings. The molecule has 10 rings (SSSR count). The zero-order chi connectivity index (χ0) is 29.4. The first-order valence-electron chi connectivity index (χ1n) is 14.8. The fourth-order valence-corrected chi connectivity index (χ4v) is 9.87. The van der Waals surface area contributed by atoms with Gasteiger partial charge >= 0.3 is 0 Å². The van der Waals surface area contributed by atoms with E-state index in [-0.39, 0.29) is 0 Å². The maximum atomic E-state index is 14.0. The molecule has 1 spiro atoms. The Labute approximate surface area is 254 Å². The Morgan fingerprint density at radius 3 is 1.80 bits per heavy atom. The van der Waals surface area contributed by atoms with Crippen LogP contribution in [0.15, 0.2) is 137 Å². The number of benzene rings is 6. The monoisotopic (exact) mass is 584 g/mol. The van der Waals surface area contributed by atoms with Crippen molar-refractivity contribution >= 4 is 20.9 Å². The van der Waals surface area contributed by atoms with Gasteiger partial charge in [0.2, 0.25) is 9.84 Å². The van der Waals surface area contributed by atoms with E-state index in [0.717, 1.165) is 17.0 Å². The highest BCUT2D eigenvalue weighted by Gasteiger charge is 2.51. The van der Waals surface area contributed by atoms with E-state index < -0.39 is 15.3 Å². The van der Waals surface area contributed by atoms with E-state index in [9.17, 15) is 8.42 Å². The van der Waals surface area contributed by atoms with Crippen molar-refractivity contribution in [2.45, 2.75) is 22.1 Å². The molecule has 0 unspecified atom stereocenters. The van der Waals surface area contributed by atoms with Gasteiger partial charge in [0.25, 0.3) is 0 Å². The molecule has 208 valence electrons. The molecule has 0 amide bonds. The molecular formula is C39H24N2O2S. The first-order valence-corrected chi connectivity index (χ1v) is 16.3. The lowest BCUT2D eigenvalue weighted by atomic mass is 9.70. The Morgan fingerprint density at radius 1 is 0.568 bits per heavy atom. The highest BCUT2D eigenvalue weighted by Crippen LogP contribution is 2.63. The SMILES string of the molecule is Cc1nc2cccc3c2n1-c1ccc(-c2ccc4c(c2)C2(c5ccccc5-c5ccccc52)c2ccccc2-4)cc1S3(=O)=O. The van der Waals surface area contributed by atoms with Crippen LogP contribution in [0.25, 0.3) is 50.1 Å². The molecule has 1 aliphatic heterocycles. The van der Waals surface area contributed by atoms with E-state index in [1.165, 1.54) is 44.5 Å². The number of nitrogens with zero attached hydrogens (tertiary/aromatic N) is 2. The zero-order valence-electron chi connectivity index (χ0n) is 23.7. The van der Waals surface area contributed by atoms with Crippen molar-refractivity contribution in [2.24, 2.45) is 0 Å². The van der Waals surface area contributed by atoms with Crippen LogP contribution in [0.1, 0.15) is 28.1 Å². The summed E-state index contributed by atoms with van der Waals surface area (Å²) < 4.78 is 30.1. The number of fused-ring (bicyclic) bond motifs is 12. The van der Waals surface area contributed by atoms with Crippen molar-refractivity contribution in [3.05, 3.63) is 155 Å². The van der Waals surface area contributed by atoms with Crippen LogP contribution in [0, 0.1) is 6.92 Å². The Hall–Kier alpha value is -5.26. The Morgan fingerprint density at radius 2 is 1.14 bits per heavy atom. The molecule has 5 heteroatoms. The summed E-state index contributed by atoms with van der Waals surface area (Å²) in [5.74, 6) is 0.771. The molecule has 44 heavy (non-hydrogen) atoms. The minimum Gasteiger partial charge on any atom is -0.294 e. The van der Waals surface area contributed by atoms with Gasteiger partial charge in [0.05, 0.1) is 31.9 Å². The van der Waals surface area contributed by atoms with E-state index >= 15 is 0 Å². The fourth-order valence-electron chi connectivity index (χ4n) is 8.21. The molecule has 0 atom stereocenters. The summed E-state index contributed by atoms with van der Waals surface area (Å²) in [5.41, 5.74) is 13.5. The number of hydrogen-bond acceptors (Lipinski definition) is 3. The molecule has 2 aliphatic carbocycles. The van der Waals surface area contributed by atoms with Crippen LogP contribution in [0.3, 0.4) is 0 Å². The maximum absolute atomic E-state index is 14.0. The molecule has 0 saturated heterocycles. The van der Waals surface area contributed by atoms with Gasteiger partial charge < -0.3 is 0 Å². The minimum absolute atomic E-state index is 0.308. The highest BCUT2D eigenvalue weighted by molar-refractivity contribution is 7.92. The standard InChI is InChI=1S/C39H24N2O2S/c1-23-40-34-15-8-16-36-38(34)41(23)35-20-18-25(22-37(35)44(36,42)43)24-17-19-29-28-11-4-7-14-32(28)39(33(29)21-24)30-12-5-2-9-26(30)27-10-3-6-13-31(27)39/h2-22H,1H3. The van der Waals surface area contributed by atoms with Crippen molar-refractivity contribution in [1.82, 2.24) is 9.55 Å². The second-order valence-corrected chi connectivity index (χ2v) is 13.8. The van der Waals surface area contributed by atoms with Gasteiger partial charge in [0.15, 0.2) is 0 Å². The minimum atomic E-state index is -3.74. The van der Waals surface area contributed by atoms with Crippen molar-refractivity contribution in [3.63, 3.8) is 0 Å². The first-order chi connectivity index (χ1) is 21.5. The van der Waals surface area contributed by atoms with Crippen molar-refractivity contribution in [3.8, 4) is 39.1 Å². The molecule has 0 fully saturated rings. The Kier molecular flexibility index (Phi) is 4.41. The molecule has 0 bridgehead atoms. The molecule has 6 aromatic carbocycles. The second kappa shape index (κ2) is 8.01. The summed E-state index contributed by atoms with van der Waals surface area (Å²) >= 11 is 0. The van der Waals surface area contributed by atoms with Gasteiger partial charge in [0.1, 0.15) is 5.82 Å². The number of imidazole rings is 1. The predicted octanol–water partition coefficient (Wildman–Crippen LogP) is 8.49. The van der Waals surface area contributed by atoms with Gasteiger partial charge in [-0.05, 0) is 92.9 Å². The second-order valence-electron chi connectivity index (χ2n) is 12.0. The molecular weight excluding hydrogens is 561 g/mol. The largest absolute Gasteiger partial charge is 0.294 e. The maximum Gasteiger partial charge on any atom is 0.210 e. The number of aryl methyl sites for hydroxylation is 1. The average molecular weight is 585 g/mol. The van der Waals surface area contributed by atoms with E-state index in [0.29, 0.717) is 26.5 Å². The van der Waals surface area contributed by atoms with Gasteiger partial charge in [-0.1, -0.05) is 97.1 Å². The summed E-state index contributed by atoms with van der Waals surface area (Å²) in [7, 11) is -3.74. The van der Waals surface area contributed by atoms with Gasteiger partial charge in [-0.25, -0.2) is 13.4 Å². The third-order valence-electron chi connectivity index (χ3n) is 9.92. The highest BCUT2D eigenvalue weighted by atomic mass is 32.2. The molecule has 0 N–H and O–H groups in total.